The monoisotopic (exact) mass is 271 g/mol. The number of carbonyl (C=O) groups excluding carboxylic acids is 1. The van der Waals surface area contributed by atoms with Gasteiger partial charge in [0.15, 0.2) is 0 Å². The lowest BCUT2D eigenvalue weighted by molar-refractivity contribution is -0.385. The van der Waals surface area contributed by atoms with E-state index in [1.165, 1.54) is 18.2 Å². The van der Waals surface area contributed by atoms with Crippen molar-refractivity contribution in [2.24, 2.45) is 5.10 Å². The van der Waals surface area contributed by atoms with Gasteiger partial charge in [0.1, 0.15) is 0 Å². The molecule has 0 aliphatic carbocycles. The average Bonchev–Trinajstić information content (AvgIpc) is 2.31. The molecule has 0 fully saturated rings. The van der Waals surface area contributed by atoms with E-state index < -0.39 is 11.0 Å². The highest BCUT2D eigenvalue weighted by molar-refractivity contribution is 6.33. The van der Waals surface area contributed by atoms with Crippen LogP contribution in [0.1, 0.15) is 12.5 Å². The molecule has 1 aromatic rings. The normalized spacial score (nSPS) is 10.3. The van der Waals surface area contributed by atoms with E-state index in [0.717, 1.165) is 6.21 Å². The zero-order chi connectivity index (χ0) is 13.5. The van der Waals surface area contributed by atoms with E-state index >= 15 is 0 Å². The van der Waals surface area contributed by atoms with Crippen LogP contribution in [0.2, 0.25) is 5.02 Å². The molecule has 1 aromatic carbocycles. The van der Waals surface area contributed by atoms with Crippen LogP contribution >= 0.6 is 11.6 Å². The third-order valence-electron chi connectivity index (χ3n) is 1.85. The minimum Gasteiger partial charge on any atom is -0.449 e. The van der Waals surface area contributed by atoms with Crippen LogP contribution in [0.4, 0.5) is 10.5 Å². The van der Waals surface area contributed by atoms with Crippen molar-refractivity contribution >= 4 is 29.6 Å². The van der Waals surface area contributed by atoms with Gasteiger partial charge in [-0.3, -0.25) is 10.1 Å². The summed E-state index contributed by atoms with van der Waals surface area (Å²) in [4.78, 5) is 21.1. The van der Waals surface area contributed by atoms with E-state index in [-0.39, 0.29) is 22.9 Å². The summed E-state index contributed by atoms with van der Waals surface area (Å²) >= 11 is 5.81. The summed E-state index contributed by atoms with van der Waals surface area (Å²) in [6.07, 6.45) is 0.348. The Morgan fingerprint density at radius 2 is 2.39 bits per heavy atom. The number of ether oxygens (including phenoxy) is 1. The molecule has 96 valence electrons. The summed E-state index contributed by atoms with van der Waals surface area (Å²) < 4.78 is 4.56. The van der Waals surface area contributed by atoms with Gasteiger partial charge in [0.05, 0.1) is 28.3 Å². The molecule has 0 spiro atoms. The molecule has 0 heterocycles. The Balaban J connectivity index is 2.86. The summed E-state index contributed by atoms with van der Waals surface area (Å²) in [7, 11) is 0. The van der Waals surface area contributed by atoms with E-state index in [9.17, 15) is 14.9 Å². The zero-order valence-corrected chi connectivity index (χ0v) is 10.2. The Morgan fingerprint density at radius 1 is 1.67 bits per heavy atom. The first kappa shape index (κ1) is 13.9. The number of hydrogen-bond donors (Lipinski definition) is 1. The number of nitro groups is 1. The third-order valence-corrected chi connectivity index (χ3v) is 2.18. The maximum atomic E-state index is 10.9. The van der Waals surface area contributed by atoms with Gasteiger partial charge in [0.25, 0.3) is 5.69 Å². The Bertz CT molecular complexity index is 490. The number of nitrogens with one attached hydrogen (secondary N) is 1. The highest BCUT2D eigenvalue weighted by Crippen LogP contribution is 2.24. The van der Waals surface area contributed by atoms with Gasteiger partial charge in [-0.05, 0) is 13.0 Å². The molecule has 0 aliphatic heterocycles. The number of amides is 1. The van der Waals surface area contributed by atoms with Crippen molar-refractivity contribution in [3.8, 4) is 0 Å². The number of rotatable bonds is 4. The Kier molecular flexibility index (Phi) is 5.06. The maximum Gasteiger partial charge on any atom is 0.427 e. The number of nitro benzene ring substituents is 1. The molecule has 0 radical (unpaired) electrons. The molecule has 0 atom stereocenters. The van der Waals surface area contributed by atoms with E-state index in [4.69, 9.17) is 11.6 Å². The molecule has 1 amide bonds. The molecule has 0 saturated heterocycles. The predicted octanol–water partition coefficient (Wildman–Crippen LogP) is 2.33. The van der Waals surface area contributed by atoms with Gasteiger partial charge in [0, 0.05) is 6.07 Å². The van der Waals surface area contributed by atoms with Crippen molar-refractivity contribution in [2.75, 3.05) is 6.61 Å². The predicted molar refractivity (Wildman–Crippen MR) is 65.9 cm³/mol. The molecule has 1 rings (SSSR count). The second-order valence-corrected chi connectivity index (χ2v) is 3.43. The van der Waals surface area contributed by atoms with Crippen LogP contribution in [-0.4, -0.2) is 23.8 Å². The fraction of sp³-hybridized carbons (Fsp3) is 0.200. The molecule has 0 aliphatic rings. The average molecular weight is 272 g/mol. The van der Waals surface area contributed by atoms with Gasteiger partial charge in [-0.25, -0.2) is 10.2 Å². The van der Waals surface area contributed by atoms with Gasteiger partial charge in [-0.2, -0.15) is 5.10 Å². The lowest BCUT2D eigenvalue weighted by Crippen LogP contribution is -2.18. The second-order valence-electron chi connectivity index (χ2n) is 3.02. The van der Waals surface area contributed by atoms with Crippen molar-refractivity contribution < 1.29 is 14.5 Å². The van der Waals surface area contributed by atoms with Crippen molar-refractivity contribution in [3.63, 3.8) is 0 Å². The smallest absolute Gasteiger partial charge is 0.427 e. The fourth-order valence-corrected chi connectivity index (χ4v) is 1.34. The van der Waals surface area contributed by atoms with Gasteiger partial charge in [-0.15, -0.1) is 0 Å². The van der Waals surface area contributed by atoms with Crippen LogP contribution in [0.5, 0.6) is 0 Å². The molecule has 7 nitrogen and oxygen atoms in total. The van der Waals surface area contributed by atoms with Crippen LogP contribution in [0.3, 0.4) is 0 Å². The van der Waals surface area contributed by atoms with Gasteiger partial charge < -0.3 is 4.74 Å². The quantitative estimate of drug-likeness (QED) is 0.516. The van der Waals surface area contributed by atoms with Crippen molar-refractivity contribution in [1.29, 1.82) is 0 Å². The fourth-order valence-electron chi connectivity index (χ4n) is 1.13. The van der Waals surface area contributed by atoms with Crippen LogP contribution < -0.4 is 5.43 Å². The topological polar surface area (TPSA) is 93.8 Å². The van der Waals surface area contributed by atoms with Crippen molar-refractivity contribution in [1.82, 2.24) is 5.43 Å². The summed E-state index contributed by atoms with van der Waals surface area (Å²) in [5.74, 6) is 0. The van der Waals surface area contributed by atoms with Crippen molar-refractivity contribution in [3.05, 3.63) is 38.9 Å². The molecule has 1 N–H and O–H groups in total. The van der Waals surface area contributed by atoms with Gasteiger partial charge in [-0.1, -0.05) is 17.7 Å². The number of benzene rings is 1. The minimum absolute atomic E-state index is 0.112. The molecule has 8 heteroatoms. The molecular weight excluding hydrogens is 262 g/mol. The standard InChI is InChI=1S/C10H10ClN3O4/c1-2-18-10(15)13-12-6-7-8(11)4-3-5-9(7)14(16)17/h3-6H,2H2,1H3,(H,13,15)/b12-6-. The number of hydrazone groups is 1. The summed E-state index contributed by atoms with van der Waals surface area (Å²) in [6.45, 7) is 1.84. The second kappa shape index (κ2) is 6.55. The number of nitrogens with zero attached hydrogens (tertiary/aromatic N) is 2. The zero-order valence-electron chi connectivity index (χ0n) is 9.42. The van der Waals surface area contributed by atoms with Crippen LogP contribution in [-0.2, 0) is 4.74 Å². The first-order valence-corrected chi connectivity index (χ1v) is 5.32. The SMILES string of the molecule is CCOC(=O)N/N=C\c1c(Cl)cccc1[N+](=O)[O-]. The number of carbonyl (C=O) groups is 1. The molecule has 18 heavy (non-hydrogen) atoms. The summed E-state index contributed by atoms with van der Waals surface area (Å²) in [6, 6.07) is 4.23. The van der Waals surface area contributed by atoms with Crippen LogP contribution in [0, 0.1) is 10.1 Å². The molecule has 0 aromatic heterocycles. The summed E-state index contributed by atoms with van der Waals surface area (Å²) in [5, 5.41) is 14.4. The Labute approximate surface area is 108 Å². The summed E-state index contributed by atoms with van der Waals surface area (Å²) in [5.41, 5.74) is 1.97. The molecular formula is C10H10ClN3O4. The first-order valence-electron chi connectivity index (χ1n) is 4.95. The van der Waals surface area contributed by atoms with E-state index in [1.807, 2.05) is 0 Å². The van der Waals surface area contributed by atoms with Crippen LogP contribution in [0.25, 0.3) is 0 Å². The molecule has 0 saturated carbocycles. The van der Waals surface area contributed by atoms with Gasteiger partial charge >= 0.3 is 6.09 Å². The van der Waals surface area contributed by atoms with E-state index in [1.54, 1.807) is 6.92 Å². The molecule has 0 unspecified atom stereocenters. The van der Waals surface area contributed by atoms with Gasteiger partial charge in [0.2, 0.25) is 0 Å². The number of halogens is 1. The van der Waals surface area contributed by atoms with E-state index in [2.05, 4.69) is 15.3 Å². The third kappa shape index (κ3) is 3.70. The minimum atomic E-state index is -0.747. The van der Waals surface area contributed by atoms with E-state index in [0.29, 0.717) is 0 Å². The maximum absolute atomic E-state index is 10.9. The lowest BCUT2D eigenvalue weighted by atomic mass is 10.2. The highest BCUT2D eigenvalue weighted by Gasteiger charge is 2.14. The van der Waals surface area contributed by atoms with Crippen molar-refractivity contribution in [2.45, 2.75) is 6.92 Å². The number of hydrogen-bond acceptors (Lipinski definition) is 5. The largest absolute Gasteiger partial charge is 0.449 e. The molecule has 0 bridgehead atoms. The van der Waals surface area contributed by atoms with Crippen LogP contribution in [0.15, 0.2) is 23.3 Å². The Morgan fingerprint density at radius 3 is 3.00 bits per heavy atom. The first-order chi connectivity index (χ1) is 8.56. The highest BCUT2D eigenvalue weighted by atomic mass is 35.5. The lowest BCUT2D eigenvalue weighted by Gasteiger charge is -2.01. The Hall–Kier alpha value is -2.15.